The largest absolute Gasteiger partial charge is 0.384 e. The Hall–Kier alpha value is -1.63. The van der Waals surface area contributed by atoms with Gasteiger partial charge in [0, 0.05) is 30.7 Å². The van der Waals surface area contributed by atoms with Crippen molar-refractivity contribution >= 4 is 21.4 Å². The maximum Gasteiger partial charge on any atom is 0.269 e. The van der Waals surface area contributed by atoms with E-state index in [0.717, 1.165) is 0 Å². The van der Waals surface area contributed by atoms with Crippen LogP contribution in [0.25, 0.3) is 0 Å². The summed E-state index contributed by atoms with van der Waals surface area (Å²) in [4.78, 5) is 15.5. The molecule has 0 aromatic carbocycles. The quantitative estimate of drug-likeness (QED) is 0.769. The van der Waals surface area contributed by atoms with Crippen LogP contribution in [0, 0.1) is 0 Å². The Labute approximate surface area is 113 Å². The molecule has 7 heteroatoms. The number of amides is 1. The maximum atomic E-state index is 11.6. The van der Waals surface area contributed by atoms with Crippen LogP contribution in [0.4, 0.5) is 5.69 Å². The number of pyridine rings is 1. The number of carbonyl (C=O) groups is 1. The van der Waals surface area contributed by atoms with Crippen molar-refractivity contribution in [2.75, 3.05) is 29.9 Å². The normalized spacial score (nSPS) is 11.1. The van der Waals surface area contributed by atoms with Crippen molar-refractivity contribution in [3.05, 3.63) is 24.0 Å². The first-order valence-electron chi connectivity index (χ1n) is 6.17. The van der Waals surface area contributed by atoms with Gasteiger partial charge >= 0.3 is 0 Å². The minimum absolute atomic E-state index is 0.0717. The maximum absolute atomic E-state index is 11.6. The first-order chi connectivity index (χ1) is 8.98. The SMILES string of the molecule is CCNC(=O)c1cc(NCCS(=O)(=O)CC)ccn1. The van der Waals surface area contributed by atoms with E-state index in [0.29, 0.717) is 24.5 Å². The van der Waals surface area contributed by atoms with Crippen LogP contribution in [0.5, 0.6) is 0 Å². The molecule has 0 aliphatic rings. The van der Waals surface area contributed by atoms with Gasteiger partial charge in [-0.2, -0.15) is 0 Å². The summed E-state index contributed by atoms with van der Waals surface area (Å²) in [6, 6.07) is 3.30. The molecule has 0 spiro atoms. The van der Waals surface area contributed by atoms with Crippen molar-refractivity contribution in [3.63, 3.8) is 0 Å². The topological polar surface area (TPSA) is 88.2 Å². The number of nitrogens with zero attached hydrogens (tertiary/aromatic N) is 1. The third-order valence-electron chi connectivity index (χ3n) is 2.51. The highest BCUT2D eigenvalue weighted by molar-refractivity contribution is 7.91. The molecule has 0 atom stereocenters. The first-order valence-corrected chi connectivity index (χ1v) is 7.99. The molecule has 1 aromatic heterocycles. The highest BCUT2D eigenvalue weighted by Crippen LogP contribution is 2.07. The Bertz CT molecular complexity index is 529. The number of carbonyl (C=O) groups excluding carboxylic acids is 1. The lowest BCUT2D eigenvalue weighted by Gasteiger charge is -2.07. The summed E-state index contributed by atoms with van der Waals surface area (Å²) >= 11 is 0. The van der Waals surface area contributed by atoms with E-state index >= 15 is 0 Å². The van der Waals surface area contributed by atoms with Gasteiger partial charge in [-0.1, -0.05) is 6.92 Å². The summed E-state index contributed by atoms with van der Waals surface area (Å²) in [6.07, 6.45) is 1.52. The molecular formula is C12H19N3O3S. The van der Waals surface area contributed by atoms with Gasteiger partial charge in [-0.25, -0.2) is 8.42 Å². The zero-order valence-electron chi connectivity index (χ0n) is 11.1. The summed E-state index contributed by atoms with van der Waals surface area (Å²) in [5, 5.41) is 5.63. The monoisotopic (exact) mass is 285 g/mol. The van der Waals surface area contributed by atoms with Crippen molar-refractivity contribution < 1.29 is 13.2 Å². The molecule has 0 saturated heterocycles. The van der Waals surface area contributed by atoms with Gasteiger partial charge < -0.3 is 10.6 Å². The number of hydrogen-bond acceptors (Lipinski definition) is 5. The molecule has 1 heterocycles. The van der Waals surface area contributed by atoms with E-state index in [2.05, 4.69) is 15.6 Å². The molecule has 6 nitrogen and oxygen atoms in total. The Morgan fingerprint density at radius 1 is 1.37 bits per heavy atom. The van der Waals surface area contributed by atoms with Gasteiger partial charge in [-0.3, -0.25) is 9.78 Å². The molecule has 1 amide bonds. The lowest BCUT2D eigenvalue weighted by Crippen LogP contribution is -2.24. The van der Waals surface area contributed by atoms with E-state index in [1.54, 1.807) is 19.1 Å². The van der Waals surface area contributed by atoms with E-state index in [-0.39, 0.29) is 17.4 Å². The third kappa shape index (κ3) is 5.25. The predicted octanol–water partition coefficient (Wildman–Crippen LogP) is 0.678. The second kappa shape index (κ2) is 7.08. The van der Waals surface area contributed by atoms with Gasteiger partial charge in [0.05, 0.1) is 5.75 Å². The van der Waals surface area contributed by atoms with Gasteiger partial charge in [-0.15, -0.1) is 0 Å². The second-order valence-electron chi connectivity index (χ2n) is 3.95. The van der Waals surface area contributed by atoms with Crippen LogP contribution in [0.1, 0.15) is 24.3 Å². The molecule has 1 rings (SSSR count). The zero-order chi connectivity index (χ0) is 14.3. The van der Waals surface area contributed by atoms with Gasteiger partial charge in [0.1, 0.15) is 5.69 Å². The molecule has 0 fully saturated rings. The summed E-state index contributed by atoms with van der Waals surface area (Å²) in [5.74, 6) is -0.0374. The summed E-state index contributed by atoms with van der Waals surface area (Å²) < 4.78 is 22.7. The number of rotatable bonds is 7. The molecule has 106 valence electrons. The number of nitrogens with one attached hydrogen (secondary N) is 2. The van der Waals surface area contributed by atoms with Crippen molar-refractivity contribution in [2.24, 2.45) is 0 Å². The van der Waals surface area contributed by atoms with Crippen LogP contribution in [0.3, 0.4) is 0 Å². The summed E-state index contributed by atoms with van der Waals surface area (Å²) in [5.41, 5.74) is 0.993. The molecule has 0 aliphatic heterocycles. The van der Waals surface area contributed by atoms with E-state index in [1.165, 1.54) is 6.20 Å². The van der Waals surface area contributed by atoms with Crippen LogP contribution in [-0.2, 0) is 9.84 Å². The lowest BCUT2D eigenvalue weighted by molar-refractivity contribution is 0.0951. The molecule has 0 radical (unpaired) electrons. The molecule has 19 heavy (non-hydrogen) atoms. The average Bonchev–Trinajstić information content (AvgIpc) is 2.39. The molecule has 2 N–H and O–H groups in total. The zero-order valence-corrected chi connectivity index (χ0v) is 12.0. The minimum Gasteiger partial charge on any atom is -0.384 e. The predicted molar refractivity (Wildman–Crippen MR) is 75.1 cm³/mol. The van der Waals surface area contributed by atoms with Gasteiger partial charge in [0.2, 0.25) is 0 Å². The summed E-state index contributed by atoms with van der Waals surface area (Å²) in [7, 11) is -2.98. The highest BCUT2D eigenvalue weighted by Gasteiger charge is 2.08. The Balaban J connectivity index is 2.60. The molecule has 0 unspecified atom stereocenters. The van der Waals surface area contributed by atoms with Crippen molar-refractivity contribution in [1.29, 1.82) is 0 Å². The average molecular weight is 285 g/mol. The Kier molecular flexibility index (Phi) is 5.75. The Morgan fingerprint density at radius 2 is 2.11 bits per heavy atom. The van der Waals surface area contributed by atoms with Crippen LogP contribution in [-0.4, -0.2) is 43.9 Å². The van der Waals surface area contributed by atoms with E-state index in [9.17, 15) is 13.2 Å². The molecule has 0 bridgehead atoms. The van der Waals surface area contributed by atoms with E-state index < -0.39 is 9.84 Å². The van der Waals surface area contributed by atoms with Gasteiger partial charge in [0.25, 0.3) is 5.91 Å². The highest BCUT2D eigenvalue weighted by atomic mass is 32.2. The molecule has 1 aromatic rings. The summed E-state index contributed by atoms with van der Waals surface area (Å²) in [6.45, 7) is 4.30. The molecule has 0 aliphatic carbocycles. The van der Waals surface area contributed by atoms with E-state index in [4.69, 9.17) is 0 Å². The van der Waals surface area contributed by atoms with E-state index in [1.807, 2.05) is 6.92 Å². The number of sulfone groups is 1. The molecule has 0 saturated carbocycles. The lowest BCUT2D eigenvalue weighted by atomic mass is 10.3. The fourth-order valence-electron chi connectivity index (χ4n) is 1.41. The third-order valence-corrected chi connectivity index (χ3v) is 4.22. The number of anilines is 1. The van der Waals surface area contributed by atoms with Gasteiger partial charge in [0.15, 0.2) is 9.84 Å². The fourth-order valence-corrected chi connectivity index (χ4v) is 2.11. The van der Waals surface area contributed by atoms with Crippen LogP contribution in [0.15, 0.2) is 18.3 Å². The van der Waals surface area contributed by atoms with Crippen molar-refractivity contribution in [3.8, 4) is 0 Å². The smallest absolute Gasteiger partial charge is 0.269 e. The van der Waals surface area contributed by atoms with Crippen molar-refractivity contribution in [1.82, 2.24) is 10.3 Å². The first kappa shape index (κ1) is 15.4. The second-order valence-corrected chi connectivity index (χ2v) is 6.43. The number of hydrogen-bond donors (Lipinski definition) is 2. The standard InChI is InChI=1S/C12H19N3O3S/c1-3-13-12(16)11-9-10(5-6-15-11)14-7-8-19(17,18)4-2/h5-6,9H,3-4,7-8H2,1-2H3,(H,13,16)(H,14,15). The fraction of sp³-hybridized carbons (Fsp3) is 0.500. The van der Waals surface area contributed by atoms with Crippen LogP contribution >= 0.6 is 0 Å². The van der Waals surface area contributed by atoms with Gasteiger partial charge in [-0.05, 0) is 19.1 Å². The van der Waals surface area contributed by atoms with Crippen molar-refractivity contribution in [2.45, 2.75) is 13.8 Å². The Morgan fingerprint density at radius 3 is 2.74 bits per heavy atom. The number of aromatic nitrogens is 1. The minimum atomic E-state index is -2.98. The van der Waals surface area contributed by atoms with Crippen LogP contribution in [0.2, 0.25) is 0 Å². The molecular weight excluding hydrogens is 266 g/mol. The van der Waals surface area contributed by atoms with Crippen LogP contribution < -0.4 is 10.6 Å².